The zero-order valence-corrected chi connectivity index (χ0v) is 58.8. The van der Waals surface area contributed by atoms with Gasteiger partial charge in [-0.2, -0.15) is 0 Å². The molecule has 2 fully saturated rings. The van der Waals surface area contributed by atoms with Gasteiger partial charge < -0.3 is 90.5 Å². The third-order valence-corrected chi connectivity index (χ3v) is 18.9. The Hall–Kier alpha value is -9.83. The second-order valence-corrected chi connectivity index (χ2v) is 27.0. The van der Waals surface area contributed by atoms with Gasteiger partial charge >= 0.3 is 11.9 Å². The molecule has 19 N–H and O–H groups in total. The molecule has 0 bridgehead atoms. The number of aromatic amines is 1. The van der Waals surface area contributed by atoms with Crippen LogP contribution in [0.4, 0.5) is 0 Å². The number of primary amides is 1. The van der Waals surface area contributed by atoms with E-state index in [-0.39, 0.29) is 94.7 Å². The minimum absolute atomic E-state index is 0.00294. The number of carbonyl (C=O) groups excluding carboxylic acids is 12. The smallest absolute Gasteiger partial charge is 0.305 e. The highest BCUT2D eigenvalue weighted by Gasteiger charge is 2.46. The second kappa shape index (κ2) is 41.2. The van der Waals surface area contributed by atoms with Gasteiger partial charge in [0.2, 0.25) is 70.9 Å². The summed E-state index contributed by atoms with van der Waals surface area (Å²) in [5.74, 6) is -15.6. The number of hydrogen-bond donors (Lipinski definition) is 16. The number of H-pyrrole nitrogens is 1. The molecule has 102 heavy (non-hydrogen) atoms. The Morgan fingerprint density at radius 1 is 0.716 bits per heavy atom. The summed E-state index contributed by atoms with van der Waals surface area (Å²) in [7, 11) is 0. The maximum Gasteiger partial charge on any atom is 0.305 e. The van der Waals surface area contributed by atoms with Gasteiger partial charge in [0.15, 0.2) is 0 Å². The number of allylic oxidation sites excluding steroid dienone is 3. The average Bonchev–Trinajstić information content (AvgIpc) is 1.62. The Kier molecular flexibility index (Phi) is 33.4. The van der Waals surface area contributed by atoms with Crippen molar-refractivity contribution in [1.29, 1.82) is 0 Å². The summed E-state index contributed by atoms with van der Waals surface area (Å²) in [6, 6.07) is -9.39. The molecule has 0 aliphatic carbocycles. The zero-order valence-electron chi connectivity index (χ0n) is 58.0. The van der Waals surface area contributed by atoms with Crippen molar-refractivity contribution in [3.05, 3.63) is 92.1 Å². The molecule has 0 saturated carbocycles. The van der Waals surface area contributed by atoms with E-state index in [0.717, 1.165) is 0 Å². The summed E-state index contributed by atoms with van der Waals surface area (Å²) in [4.78, 5) is 209. The topological polar surface area (TPSA) is 522 Å². The maximum atomic E-state index is 15.0. The first-order valence-corrected chi connectivity index (χ1v) is 35.0. The number of aliphatic carboxylic acids is 2. The van der Waals surface area contributed by atoms with Crippen molar-refractivity contribution in [3.63, 3.8) is 0 Å². The van der Waals surface area contributed by atoms with Crippen LogP contribution >= 0.6 is 11.8 Å². The normalized spacial score (nSPS) is 24.8. The van der Waals surface area contributed by atoms with Gasteiger partial charge in [-0.05, 0) is 101 Å². The van der Waals surface area contributed by atoms with Crippen LogP contribution in [0.5, 0.6) is 0 Å². The number of nitrogens with two attached hydrogens (primary N) is 3. The standard InChI is InChI=1S/C68H99N17O16S/c1-8-17-36(4)54(71)67-82-49(34-102-67)63(97)81-48-28-39(7)85(68(48)101)50(24-25-52(87)88)64(98)84-56(38(6)19-10-3)65(99)76-42-22-14-15-27-73-57(91)46(31-51(70)86)78-62(96)47(32-53(89)90)79-61(95)45(30-41-33-72-35-74-41)77-60(94)44(29-40-20-12-11-13-21-40)80-66(100)55(37(5)18-9-2)83-59(93)43(23-16-26-69)75-58(42)92/h8-13,20-21,33,35-39,42-50,54-56H,1-3,14-19,22-32,34,69,71H2,4-7H3,(H2,70,86)(H,72,74)(H,73,91)(H,75,92)(H,76,99)(H,77,94)(H,78,96)(H,79,95)(H,80,100)(H,81,97)(H,83,93)(H,84,98)(H,87,88)(H,89,90). The van der Waals surface area contributed by atoms with Gasteiger partial charge in [0, 0.05) is 43.8 Å². The van der Waals surface area contributed by atoms with Crippen molar-refractivity contribution in [2.24, 2.45) is 39.9 Å². The van der Waals surface area contributed by atoms with Gasteiger partial charge in [-0.3, -0.25) is 72.1 Å². The van der Waals surface area contributed by atoms with Crippen LogP contribution in [0.3, 0.4) is 0 Å². The number of imidazole rings is 1. The zero-order chi connectivity index (χ0) is 75.3. The Morgan fingerprint density at radius 3 is 1.94 bits per heavy atom. The van der Waals surface area contributed by atoms with Gasteiger partial charge in [-0.1, -0.05) is 69.3 Å². The maximum absolute atomic E-state index is 15.0. The lowest BCUT2D eigenvalue weighted by atomic mass is 9.95. The number of hydrogen-bond acceptors (Lipinski definition) is 19. The molecule has 34 heteroatoms. The van der Waals surface area contributed by atoms with Crippen LogP contribution in [0.15, 0.2) is 85.8 Å². The van der Waals surface area contributed by atoms with Crippen molar-refractivity contribution < 1.29 is 77.3 Å². The van der Waals surface area contributed by atoms with E-state index in [1.54, 1.807) is 57.2 Å². The fourth-order valence-electron chi connectivity index (χ4n) is 12.0. The predicted octanol–water partition coefficient (Wildman–Crippen LogP) is -1.72. The number of carbonyl (C=O) groups is 14. The molecule has 5 rings (SSSR count). The highest BCUT2D eigenvalue weighted by Crippen LogP contribution is 2.28. The fourth-order valence-corrected chi connectivity index (χ4v) is 13.2. The first kappa shape index (κ1) is 82.8. The van der Waals surface area contributed by atoms with Crippen LogP contribution in [0, 0.1) is 17.8 Å². The van der Waals surface area contributed by atoms with Crippen molar-refractivity contribution in [2.75, 3.05) is 18.8 Å². The molecule has 0 radical (unpaired) electrons. The van der Waals surface area contributed by atoms with Crippen LogP contribution in [0.1, 0.15) is 122 Å². The van der Waals surface area contributed by atoms with Crippen molar-refractivity contribution in [3.8, 4) is 0 Å². The number of aromatic nitrogens is 2. The van der Waals surface area contributed by atoms with Crippen LogP contribution in [-0.2, 0) is 80.0 Å². The van der Waals surface area contributed by atoms with E-state index in [2.05, 4.69) is 87.9 Å². The number of aliphatic imine (C=N–C) groups is 1. The predicted molar refractivity (Wildman–Crippen MR) is 376 cm³/mol. The molecule has 16 atom stereocenters. The number of carboxylic acid groups (broad SMARTS) is 2. The minimum Gasteiger partial charge on any atom is -0.481 e. The van der Waals surface area contributed by atoms with E-state index < -0.39 is 199 Å². The number of amides is 12. The molecule has 1 aromatic carbocycles. The van der Waals surface area contributed by atoms with E-state index in [1.165, 1.54) is 41.3 Å². The molecule has 4 heterocycles. The average molecular weight is 1440 g/mol. The molecule has 558 valence electrons. The number of nitrogens with one attached hydrogen (secondary N) is 11. The summed E-state index contributed by atoms with van der Waals surface area (Å²) in [6.45, 7) is 17.9. The Labute approximate surface area is 596 Å². The molecular weight excluding hydrogens is 1340 g/mol. The number of benzene rings is 1. The molecule has 2 saturated heterocycles. The van der Waals surface area contributed by atoms with Gasteiger partial charge in [0.1, 0.15) is 66.5 Å². The van der Waals surface area contributed by atoms with Crippen molar-refractivity contribution in [2.45, 2.75) is 203 Å². The van der Waals surface area contributed by atoms with Crippen LogP contribution in [0.25, 0.3) is 0 Å². The molecule has 33 nitrogen and oxygen atoms in total. The monoisotopic (exact) mass is 1440 g/mol. The molecule has 3 aliphatic heterocycles. The first-order valence-electron chi connectivity index (χ1n) is 34.1. The lowest BCUT2D eigenvalue weighted by Gasteiger charge is -2.33. The molecular formula is C68H99N17O16S. The van der Waals surface area contributed by atoms with E-state index in [0.29, 0.717) is 17.0 Å². The third kappa shape index (κ3) is 25.4. The van der Waals surface area contributed by atoms with Gasteiger partial charge in [0.05, 0.1) is 35.9 Å². The van der Waals surface area contributed by atoms with Crippen LogP contribution in [0.2, 0.25) is 0 Å². The lowest BCUT2D eigenvalue weighted by Crippen LogP contribution is -2.62. The quantitative estimate of drug-likeness (QED) is 0.0373. The van der Waals surface area contributed by atoms with Gasteiger partial charge in [-0.25, -0.2) is 4.98 Å². The Bertz CT molecular complexity index is 3360. The van der Waals surface area contributed by atoms with Gasteiger partial charge in [-0.15, -0.1) is 31.5 Å². The SMILES string of the molecule is C=CCC(C)C(N)C1=NC(C(=O)NC2CC(C)N(C(CCC(=O)O)C(=O)NC(C(=O)NC3CCCCNC(=O)C(CC(N)=O)NC(=O)C(CC(=O)O)NC(=O)C(Cc4c[nH]cn4)NC(=O)C(Cc4ccccc4)NC(=O)C(C(C)CC=C)NC(=O)C(CCCN)NC3=O)C(C)CC=C)C2=O)CS1. The first-order chi connectivity index (χ1) is 48.5. The summed E-state index contributed by atoms with van der Waals surface area (Å²) < 4.78 is 0. The molecule has 2 aromatic rings. The number of carboxylic acids is 2. The van der Waals surface area contributed by atoms with E-state index in [1.807, 2.05) is 6.92 Å². The summed E-state index contributed by atoms with van der Waals surface area (Å²) in [5, 5.41) is 46.6. The molecule has 3 aliphatic rings. The number of thioether (sulfide) groups is 1. The Morgan fingerprint density at radius 2 is 1.32 bits per heavy atom. The summed E-state index contributed by atoms with van der Waals surface area (Å²) in [5.41, 5.74) is 18.6. The molecule has 0 spiro atoms. The summed E-state index contributed by atoms with van der Waals surface area (Å²) in [6.07, 6.45) is 4.37. The second-order valence-electron chi connectivity index (χ2n) is 25.9. The fraction of sp³-hybridized carbons (Fsp3) is 0.559. The number of rotatable bonds is 31. The number of likely N-dealkylation sites (tertiary alicyclic amines) is 1. The largest absolute Gasteiger partial charge is 0.481 e. The van der Waals surface area contributed by atoms with Crippen LogP contribution < -0.4 is 70.4 Å². The van der Waals surface area contributed by atoms with Crippen molar-refractivity contribution >= 4 is 99.6 Å². The highest BCUT2D eigenvalue weighted by atomic mass is 32.2. The summed E-state index contributed by atoms with van der Waals surface area (Å²) >= 11 is 1.33. The van der Waals surface area contributed by atoms with Crippen molar-refractivity contribution in [1.82, 2.24) is 68.0 Å². The minimum atomic E-state index is -1.96. The number of nitrogens with zero attached hydrogens (tertiary/aromatic N) is 3. The highest BCUT2D eigenvalue weighted by molar-refractivity contribution is 8.14. The van der Waals surface area contributed by atoms with Gasteiger partial charge in [0.25, 0.3) is 0 Å². The molecule has 12 amide bonds. The molecule has 1 aromatic heterocycles. The van der Waals surface area contributed by atoms with Crippen LogP contribution in [-0.4, -0.2) is 210 Å². The van der Waals surface area contributed by atoms with E-state index >= 15 is 4.79 Å². The Balaban J connectivity index is 1.53. The van der Waals surface area contributed by atoms with E-state index in [4.69, 9.17) is 17.2 Å². The molecule has 16 unspecified atom stereocenters. The third-order valence-electron chi connectivity index (χ3n) is 17.7. The van der Waals surface area contributed by atoms with E-state index in [9.17, 15) is 72.5 Å². The lowest BCUT2D eigenvalue weighted by molar-refractivity contribution is -0.144.